The maximum atomic E-state index is 12.2. The number of carbonyl (C=O) groups excluding carboxylic acids is 1. The van der Waals surface area contributed by atoms with Crippen molar-refractivity contribution in [2.75, 3.05) is 0 Å². The summed E-state index contributed by atoms with van der Waals surface area (Å²) in [5.74, 6) is -1.14. The summed E-state index contributed by atoms with van der Waals surface area (Å²) in [4.78, 5) is 23.1. The summed E-state index contributed by atoms with van der Waals surface area (Å²) in [6.45, 7) is 5.07. The summed E-state index contributed by atoms with van der Waals surface area (Å²) >= 11 is 0. The second-order valence-corrected chi connectivity index (χ2v) is 5.13. The number of carboxylic acids is 1. The topological polar surface area (TPSA) is 83.8 Å². The van der Waals surface area contributed by atoms with Gasteiger partial charge in [0.15, 0.2) is 0 Å². The molecule has 0 aliphatic heterocycles. The van der Waals surface area contributed by atoms with Gasteiger partial charge in [-0.3, -0.25) is 0 Å². The molecule has 2 aromatic rings. The lowest BCUT2D eigenvalue weighted by molar-refractivity contribution is 0.0696. The van der Waals surface area contributed by atoms with E-state index in [0.717, 1.165) is 0 Å². The van der Waals surface area contributed by atoms with Crippen LogP contribution in [0, 0.1) is 20.8 Å². The van der Waals surface area contributed by atoms with Gasteiger partial charge in [0, 0.05) is 0 Å². The SMILES string of the molecule is Cc1cc(C(=O)O)ccc1OC(=O)c1cc(C)c(O)c(C)c1. The quantitative estimate of drug-likeness (QED) is 0.671. The molecule has 0 bridgehead atoms. The summed E-state index contributed by atoms with van der Waals surface area (Å²) in [5.41, 5.74) is 2.19. The maximum absolute atomic E-state index is 12.2. The van der Waals surface area contributed by atoms with Crippen LogP contribution in [0.15, 0.2) is 30.3 Å². The first-order valence-electron chi connectivity index (χ1n) is 6.66. The van der Waals surface area contributed by atoms with Crippen LogP contribution in [0.25, 0.3) is 0 Å². The number of rotatable bonds is 3. The van der Waals surface area contributed by atoms with E-state index in [2.05, 4.69) is 0 Å². The van der Waals surface area contributed by atoms with E-state index >= 15 is 0 Å². The number of aromatic hydroxyl groups is 1. The summed E-state index contributed by atoms with van der Waals surface area (Å²) in [5, 5.41) is 18.6. The molecule has 0 fully saturated rings. The zero-order valence-electron chi connectivity index (χ0n) is 12.5. The number of aromatic carboxylic acids is 1. The Morgan fingerprint density at radius 3 is 1.95 bits per heavy atom. The van der Waals surface area contributed by atoms with Crippen LogP contribution >= 0.6 is 0 Å². The van der Waals surface area contributed by atoms with Crippen LogP contribution in [0.3, 0.4) is 0 Å². The molecule has 114 valence electrons. The molecule has 0 aromatic heterocycles. The largest absolute Gasteiger partial charge is 0.507 e. The van der Waals surface area contributed by atoms with Gasteiger partial charge >= 0.3 is 11.9 Å². The van der Waals surface area contributed by atoms with Gasteiger partial charge in [0.1, 0.15) is 11.5 Å². The van der Waals surface area contributed by atoms with Crippen LogP contribution in [0.2, 0.25) is 0 Å². The molecule has 0 aliphatic carbocycles. The highest BCUT2D eigenvalue weighted by Gasteiger charge is 2.14. The van der Waals surface area contributed by atoms with E-state index in [9.17, 15) is 14.7 Å². The van der Waals surface area contributed by atoms with Gasteiger partial charge in [-0.05, 0) is 67.8 Å². The molecule has 0 unspecified atom stereocenters. The third-order valence-electron chi connectivity index (χ3n) is 3.35. The van der Waals surface area contributed by atoms with Crippen molar-refractivity contribution in [2.45, 2.75) is 20.8 Å². The van der Waals surface area contributed by atoms with Crippen LogP contribution in [-0.4, -0.2) is 22.2 Å². The van der Waals surface area contributed by atoms with Gasteiger partial charge in [0.25, 0.3) is 0 Å². The smallest absolute Gasteiger partial charge is 0.343 e. The van der Waals surface area contributed by atoms with Crippen LogP contribution in [0.1, 0.15) is 37.4 Å². The Kier molecular flexibility index (Phi) is 4.17. The van der Waals surface area contributed by atoms with E-state index < -0.39 is 11.9 Å². The number of carbonyl (C=O) groups is 2. The molecular formula is C17H16O5. The molecule has 0 atom stereocenters. The number of benzene rings is 2. The molecule has 0 radical (unpaired) electrons. The van der Waals surface area contributed by atoms with Crippen molar-refractivity contribution in [3.05, 3.63) is 58.1 Å². The lowest BCUT2D eigenvalue weighted by Gasteiger charge is -2.10. The molecule has 2 N–H and O–H groups in total. The van der Waals surface area contributed by atoms with E-state index in [-0.39, 0.29) is 11.3 Å². The Bertz CT molecular complexity index is 739. The van der Waals surface area contributed by atoms with Crippen molar-refractivity contribution in [1.29, 1.82) is 0 Å². The third kappa shape index (κ3) is 3.09. The van der Waals surface area contributed by atoms with Crippen molar-refractivity contribution in [2.24, 2.45) is 0 Å². The standard InChI is InChI=1S/C17H16O5/c1-9-6-12(16(19)20)4-5-14(9)22-17(21)13-7-10(2)15(18)11(3)8-13/h4-8,18H,1-3H3,(H,19,20). The first kappa shape index (κ1) is 15.6. The number of carboxylic acid groups (broad SMARTS) is 1. The zero-order chi connectivity index (χ0) is 16.4. The monoisotopic (exact) mass is 300 g/mol. The third-order valence-corrected chi connectivity index (χ3v) is 3.35. The van der Waals surface area contributed by atoms with Crippen LogP contribution in [-0.2, 0) is 0 Å². The molecule has 0 spiro atoms. The molecule has 5 heteroatoms. The zero-order valence-corrected chi connectivity index (χ0v) is 12.5. The number of hydrogen-bond acceptors (Lipinski definition) is 4. The average Bonchev–Trinajstić information content (AvgIpc) is 2.46. The molecule has 5 nitrogen and oxygen atoms in total. The van der Waals surface area contributed by atoms with Gasteiger partial charge in [-0.1, -0.05) is 0 Å². The molecule has 0 saturated heterocycles. The summed E-state index contributed by atoms with van der Waals surface area (Å²) in [6.07, 6.45) is 0. The van der Waals surface area contributed by atoms with E-state index in [1.165, 1.54) is 18.2 Å². The second kappa shape index (κ2) is 5.89. The van der Waals surface area contributed by atoms with E-state index in [4.69, 9.17) is 9.84 Å². The second-order valence-electron chi connectivity index (χ2n) is 5.13. The molecule has 0 aliphatic rings. The van der Waals surface area contributed by atoms with Gasteiger partial charge in [0.05, 0.1) is 11.1 Å². The fourth-order valence-electron chi connectivity index (χ4n) is 2.13. The summed E-state index contributed by atoms with van der Waals surface area (Å²) in [6, 6.07) is 7.37. The minimum atomic E-state index is -1.04. The molecule has 22 heavy (non-hydrogen) atoms. The maximum Gasteiger partial charge on any atom is 0.343 e. The minimum absolute atomic E-state index is 0.133. The van der Waals surface area contributed by atoms with Gasteiger partial charge < -0.3 is 14.9 Å². The number of esters is 1. The Hall–Kier alpha value is -2.82. The van der Waals surface area contributed by atoms with Crippen LogP contribution in [0.5, 0.6) is 11.5 Å². The fraction of sp³-hybridized carbons (Fsp3) is 0.176. The van der Waals surface area contributed by atoms with Crippen molar-refractivity contribution < 1.29 is 24.5 Å². The number of aryl methyl sites for hydroxylation is 3. The van der Waals surface area contributed by atoms with Gasteiger partial charge in [-0.15, -0.1) is 0 Å². The van der Waals surface area contributed by atoms with Gasteiger partial charge in [0.2, 0.25) is 0 Å². The predicted molar refractivity (Wildman–Crippen MR) is 80.7 cm³/mol. The summed E-state index contributed by atoms with van der Waals surface area (Å²) in [7, 11) is 0. The van der Waals surface area contributed by atoms with Crippen LogP contribution < -0.4 is 4.74 Å². The number of hydrogen-bond donors (Lipinski definition) is 2. The highest BCUT2D eigenvalue weighted by atomic mass is 16.5. The Morgan fingerprint density at radius 1 is 0.909 bits per heavy atom. The Labute approximate surface area is 127 Å². The predicted octanol–water partition coefficient (Wildman–Crippen LogP) is 3.23. The number of phenolic OH excluding ortho intramolecular Hbond substituents is 1. The van der Waals surface area contributed by atoms with Gasteiger partial charge in [-0.2, -0.15) is 0 Å². The highest BCUT2D eigenvalue weighted by Crippen LogP contribution is 2.25. The van der Waals surface area contributed by atoms with E-state index in [0.29, 0.717) is 28.0 Å². The lowest BCUT2D eigenvalue weighted by atomic mass is 10.1. The van der Waals surface area contributed by atoms with Crippen molar-refractivity contribution in [3.8, 4) is 11.5 Å². The Morgan fingerprint density at radius 2 is 1.45 bits per heavy atom. The molecule has 0 heterocycles. The number of ether oxygens (including phenoxy) is 1. The fourth-order valence-corrected chi connectivity index (χ4v) is 2.13. The van der Waals surface area contributed by atoms with Crippen LogP contribution in [0.4, 0.5) is 0 Å². The van der Waals surface area contributed by atoms with Crippen molar-refractivity contribution in [3.63, 3.8) is 0 Å². The van der Waals surface area contributed by atoms with Crippen molar-refractivity contribution >= 4 is 11.9 Å². The normalized spacial score (nSPS) is 10.3. The first-order chi connectivity index (χ1) is 10.3. The molecule has 2 aromatic carbocycles. The molecular weight excluding hydrogens is 284 g/mol. The lowest BCUT2D eigenvalue weighted by Crippen LogP contribution is -2.10. The molecule has 0 saturated carbocycles. The highest BCUT2D eigenvalue weighted by molar-refractivity contribution is 5.92. The van der Waals surface area contributed by atoms with E-state index in [1.807, 2.05) is 0 Å². The average molecular weight is 300 g/mol. The van der Waals surface area contributed by atoms with Crippen molar-refractivity contribution in [1.82, 2.24) is 0 Å². The number of phenols is 1. The first-order valence-corrected chi connectivity index (χ1v) is 6.66. The minimum Gasteiger partial charge on any atom is -0.507 e. The molecule has 2 rings (SSSR count). The Balaban J connectivity index is 2.28. The molecule has 0 amide bonds. The van der Waals surface area contributed by atoms with E-state index in [1.54, 1.807) is 32.9 Å². The summed E-state index contributed by atoms with van der Waals surface area (Å²) < 4.78 is 5.30. The van der Waals surface area contributed by atoms with Gasteiger partial charge in [-0.25, -0.2) is 9.59 Å².